The highest BCUT2D eigenvalue weighted by Crippen LogP contribution is 2.38. The summed E-state index contributed by atoms with van der Waals surface area (Å²) >= 11 is 1.86. The molecule has 1 aliphatic heterocycles. The minimum Gasteiger partial charge on any atom is -0.458 e. The van der Waals surface area contributed by atoms with Gasteiger partial charge in [-0.1, -0.05) is 140 Å². The Balaban J connectivity index is 1.12. The molecule has 2 nitrogen and oxygen atoms in total. The van der Waals surface area contributed by atoms with Crippen LogP contribution in [0, 0.1) is 0 Å². The second kappa shape index (κ2) is 11.4. The molecule has 0 amide bonds. The number of hydrogen-bond acceptors (Lipinski definition) is 2. The maximum Gasteiger partial charge on any atom is 0.188 e. The van der Waals surface area contributed by atoms with Crippen LogP contribution in [0.1, 0.15) is 0 Å². The predicted octanol–water partition coefficient (Wildman–Crippen LogP) is 10.3. The molecule has 11 rings (SSSR count). The molecule has 0 radical (unpaired) electrons. The van der Waals surface area contributed by atoms with Gasteiger partial charge in [0.1, 0.15) is 11.5 Å². The van der Waals surface area contributed by atoms with Crippen molar-refractivity contribution in [1.29, 1.82) is 0 Å². The van der Waals surface area contributed by atoms with Crippen molar-refractivity contribution in [2.75, 3.05) is 0 Å². The summed E-state index contributed by atoms with van der Waals surface area (Å²) in [6.07, 6.45) is 0. The molecule has 1 unspecified atom stereocenters. The van der Waals surface area contributed by atoms with Crippen molar-refractivity contribution in [2.45, 2.75) is 0 Å². The Labute approximate surface area is 306 Å². The summed E-state index contributed by atoms with van der Waals surface area (Å²) in [4.78, 5) is 0. The molecule has 4 heteroatoms. The second-order valence-corrected chi connectivity index (χ2v) is 18.5. The Morgan fingerprint density at radius 3 is 1.77 bits per heavy atom. The molecule has 0 N–H and O–H groups in total. The average Bonchev–Trinajstić information content (AvgIpc) is 3.76. The fourth-order valence-electron chi connectivity index (χ4n) is 8.67. The van der Waals surface area contributed by atoms with Gasteiger partial charge in [0.25, 0.3) is 0 Å². The lowest BCUT2D eigenvalue weighted by Gasteiger charge is -2.39. The highest BCUT2D eigenvalue weighted by Gasteiger charge is 2.48. The van der Waals surface area contributed by atoms with Gasteiger partial charge >= 0.3 is 0 Å². The van der Waals surface area contributed by atoms with Crippen LogP contribution in [-0.4, -0.2) is 12.6 Å². The van der Waals surface area contributed by atoms with E-state index in [9.17, 15) is 0 Å². The molecule has 8 aromatic carbocycles. The molecule has 0 saturated heterocycles. The van der Waals surface area contributed by atoms with E-state index < -0.39 is 8.07 Å². The minimum atomic E-state index is -2.81. The van der Waals surface area contributed by atoms with Gasteiger partial charge in [0, 0.05) is 36.6 Å². The molecule has 0 spiro atoms. The topological polar surface area (TPSA) is 14.2 Å². The Kier molecular flexibility index (Phi) is 6.47. The third kappa shape index (κ3) is 4.22. The zero-order valence-corrected chi connectivity index (χ0v) is 30.0. The van der Waals surface area contributed by atoms with Gasteiger partial charge < -0.3 is 9.30 Å². The smallest absolute Gasteiger partial charge is 0.188 e. The molecule has 0 saturated carbocycles. The number of ether oxygens (including phenoxy) is 1. The summed E-state index contributed by atoms with van der Waals surface area (Å²) in [6, 6.07) is 69.2. The lowest BCUT2D eigenvalue weighted by Crippen LogP contribution is -2.76. The van der Waals surface area contributed by atoms with Crippen LogP contribution in [0.2, 0.25) is 0 Å². The summed E-state index contributed by atoms with van der Waals surface area (Å²) in [5.41, 5.74) is 5.96. The maximum atomic E-state index is 6.89. The van der Waals surface area contributed by atoms with Gasteiger partial charge in [0.2, 0.25) is 0 Å². The number of benzene rings is 8. The molecule has 3 heterocycles. The van der Waals surface area contributed by atoms with Crippen molar-refractivity contribution in [3.63, 3.8) is 0 Å². The van der Waals surface area contributed by atoms with E-state index in [1.54, 1.807) is 0 Å². The van der Waals surface area contributed by atoms with E-state index in [2.05, 4.69) is 193 Å². The monoisotopic (exact) mass is 697 g/mol. The highest BCUT2D eigenvalue weighted by molar-refractivity contribution is 7.25. The van der Waals surface area contributed by atoms with Crippen LogP contribution < -0.4 is 25.5 Å². The van der Waals surface area contributed by atoms with Crippen LogP contribution >= 0.6 is 11.3 Å². The van der Waals surface area contributed by atoms with Crippen LogP contribution in [-0.2, 0) is 0 Å². The zero-order valence-electron chi connectivity index (χ0n) is 28.2. The molecule has 2 aromatic heterocycles. The molecular weight excluding hydrogens is 667 g/mol. The van der Waals surface area contributed by atoms with Crippen LogP contribution in [0.3, 0.4) is 0 Å². The first-order valence-corrected chi connectivity index (χ1v) is 20.6. The Morgan fingerprint density at radius 2 is 0.981 bits per heavy atom. The zero-order chi connectivity index (χ0) is 34.2. The van der Waals surface area contributed by atoms with Crippen LogP contribution in [0.4, 0.5) is 0 Å². The summed E-state index contributed by atoms with van der Waals surface area (Å²) in [5.74, 6) is 1.88. The van der Waals surface area contributed by atoms with Gasteiger partial charge in [-0.2, -0.15) is 0 Å². The molecule has 244 valence electrons. The van der Waals surface area contributed by atoms with E-state index in [1.807, 2.05) is 11.3 Å². The first-order valence-electron chi connectivity index (χ1n) is 17.8. The van der Waals surface area contributed by atoms with E-state index in [-0.39, 0.29) is 0 Å². The third-order valence-corrected chi connectivity index (χ3v) is 16.9. The van der Waals surface area contributed by atoms with E-state index >= 15 is 0 Å². The Hall–Kier alpha value is -6.20. The van der Waals surface area contributed by atoms with Crippen molar-refractivity contribution < 1.29 is 4.74 Å². The summed E-state index contributed by atoms with van der Waals surface area (Å²) < 4.78 is 11.9. The van der Waals surface area contributed by atoms with Crippen molar-refractivity contribution >= 4 is 82.1 Å². The lowest BCUT2D eigenvalue weighted by atomic mass is 10.0. The van der Waals surface area contributed by atoms with Gasteiger partial charge in [0.05, 0.1) is 11.0 Å². The van der Waals surface area contributed by atoms with Crippen molar-refractivity contribution in [1.82, 2.24) is 4.57 Å². The second-order valence-electron chi connectivity index (χ2n) is 13.7. The van der Waals surface area contributed by atoms with Gasteiger partial charge in [0.15, 0.2) is 8.07 Å². The number of aromatic nitrogens is 1. The minimum absolute atomic E-state index is 0.939. The van der Waals surface area contributed by atoms with E-state index in [1.165, 1.54) is 68.3 Å². The van der Waals surface area contributed by atoms with Gasteiger partial charge in [-0.05, 0) is 80.4 Å². The van der Waals surface area contributed by atoms with E-state index in [0.717, 1.165) is 22.7 Å². The van der Waals surface area contributed by atoms with E-state index in [4.69, 9.17) is 4.74 Å². The molecule has 1 atom stereocenters. The van der Waals surface area contributed by atoms with Crippen LogP contribution in [0.15, 0.2) is 188 Å². The average molecular weight is 698 g/mol. The summed E-state index contributed by atoms with van der Waals surface area (Å²) in [6.45, 7) is 0. The van der Waals surface area contributed by atoms with Crippen molar-refractivity contribution in [3.8, 4) is 28.3 Å². The van der Waals surface area contributed by atoms with Gasteiger partial charge in [-0.15, -0.1) is 11.3 Å². The SMILES string of the molecule is c1ccc([Si]2(c3ccc(-n4c5ccccc5c5ccccc54)cc3)c3ccccc3Oc3cc(-c4ccc5c(c4)sc4ccccc45)ccc32)cc1. The normalized spacial score (nSPS) is 15.2. The fourth-order valence-corrected chi connectivity index (χ4v) is 14.7. The number of rotatable bonds is 4. The predicted molar refractivity (Wildman–Crippen MR) is 223 cm³/mol. The first kappa shape index (κ1) is 29.5. The van der Waals surface area contributed by atoms with Crippen molar-refractivity contribution in [2.24, 2.45) is 0 Å². The molecule has 1 aliphatic rings. The Morgan fingerprint density at radius 1 is 0.404 bits per heavy atom. The molecule has 10 aromatic rings. The first-order chi connectivity index (χ1) is 25.8. The summed E-state index contributed by atoms with van der Waals surface area (Å²) in [5, 5.41) is 10.4. The number of hydrogen-bond donors (Lipinski definition) is 0. The van der Waals surface area contributed by atoms with Crippen LogP contribution in [0.25, 0.3) is 58.8 Å². The molecule has 0 bridgehead atoms. The molecule has 0 fully saturated rings. The fraction of sp³-hybridized carbons (Fsp3) is 0. The largest absolute Gasteiger partial charge is 0.458 e. The summed E-state index contributed by atoms with van der Waals surface area (Å²) in [7, 11) is -2.81. The van der Waals surface area contributed by atoms with E-state index in [0.29, 0.717) is 0 Å². The number of fused-ring (bicyclic) bond motifs is 8. The Bertz CT molecular complexity index is 2940. The van der Waals surface area contributed by atoms with Crippen molar-refractivity contribution in [3.05, 3.63) is 188 Å². The maximum absolute atomic E-state index is 6.89. The number of nitrogens with zero attached hydrogens (tertiary/aromatic N) is 1. The molecule has 52 heavy (non-hydrogen) atoms. The lowest BCUT2D eigenvalue weighted by molar-refractivity contribution is 0.487. The highest BCUT2D eigenvalue weighted by atomic mass is 32.1. The van der Waals surface area contributed by atoms with Gasteiger partial charge in [-0.25, -0.2) is 0 Å². The van der Waals surface area contributed by atoms with Crippen LogP contribution in [0.5, 0.6) is 11.5 Å². The van der Waals surface area contributed by atoms with Gasteiger partial charge in [-0.3, -0.25) is 0 Å². The molecular formula is C48H31NOSSi. The number of para-hydroxylation sites is 3. The quantitative estimate of drug-likeness (QED) is 0.167. The molecule has 0 aliphatic carbocycles. The number of thiophene rings is 1. The standard InChI is InChI=1S/C48H31NOSSi/c1-2-12-35(13-3-1)52(36-26-24-34(25-27-36)49-41-17-7-4-14-37(41)38-15-5-8-18-42(38)49)47-21-11-9-19-43(47)50-44-30-32(23-29-48(44)52)33-22-28-40-39-16-6-10-20-45(39)51-46(40)31-33/h1-31H. The third-order valence-electron chi connectivity index (χ3n) is 11.0.